The first-order valence-electron chi connectivity index (χ1n) is 11.3. The first-order chi connectivity index (χ1) is 15.6. The van der Waals surface area contributed by atoms with Gasteiger partial charge in [-0.15, -0.1) is 0 Å². The van der Waals surface area contributed by atoms with Gasteiger partial charge in [0.1, 0.15) is 11.6 Å². The van der Waals surface area contributed by atoms with Crippen molar-refractivity contribution in [1.82, 2.24) is 9.97 Å². The minimum Gasteiger partial charge on any atom is -0.493 e. The number of piperazine rings is 1. The molecule has 7 nitrogen and oxygen atoms in total. The molecule has 0 unspecified atom stereocenters. The van der Waals surface area contributed by atoms with Crippen molar-refractivity contribution < 1.29 is 9.47 Å². The van der Waals surface area contributed by atoms with Crippen LogP contribution >= 0.6 is 0 Å². The molecule has 2 aromatic carbocycles. The number of benzene rings is 2. The van der Waals surface area contributed by atoms with Crippen LogP contribution in [0.15, 0.2) is 36.4 Å². The number of hydrogen-bond acceptors (Lipinski definition) is 7. The average Bonchev–Trinajstić information content (AvgIpc) is 3.68. The van der Waals surface area contributed by atoms with Gasteiger partial charge in [-0.1, -0.05) is 0 Å². The number of anilines is 3. The van der Waals surface area contributed by atoms with Crippen LogP contribution in [0.25, 0.3) is 10.9 Å². The lowest BCUT2D eigenvalue weighted by molar-refractivity contribution is 0.355. The number of hydrogen-bond donors (Lipinski definition) is 0. The highest BCUT2D eigenvalue weighted by Gasteiger charge is 2.29. The van der Waals surface area contributed by atoms with E-state index in [-0.39, 0.29) is 0 Å². The molecule has 2 fully saturated rings. The third kappa shape index (κ3) is 3.87. The summed E-state index contributed by atoms with van der Waals surface area (Å²) in [4.78, 5) is 16.9. The maximum Gasteiger partial charge on any atom is 0.162 e. The van der Waals surface area contributed by atoms with E-state index in [1.165, 1.54) is 24.2 Å². The smallest absolute Gasteiger partial charge is 0.162 e. The van der Waals surface area contributed by atoms with Crippen LogP contribution in [0.3, 0.4) is 0 Å². The molecule has 1 aliphatic heterocycles. The molecule has 0 amide bonds. The molecule has 0 spiro atoms. The number of aromatic nitrogens is 2. The lowest BCUT2D eigenvalue weighted by Crippen LogP contribution is -2.47. The van der Waals surface area contributed by atoms with Crippen LogP contribution < -0.4 is 24.2 Å². The first-order valence-corrected chi connectivity index (χ1v) is 11.3. The van der Waals surface area contributed by atoms with Gasteiger partial charge in [-0.05, 0) is 43.2 Å². The molecule has 168 valence electrons. The Labute approximate surface area is 189 Å². The van der Waals surface area contributed by atoms with Gasteiger partial charge < -0.3 is 24.2 Å². The second-order valence-electron chi connectivity index (χ2n) is 8.79. The zero-order chi connectivity index (χ0) is 22.2. The van der Waals surface area contributed by atoms with Crippen molar-refractivity contribution >= 4 is 28.1 Å². The van der Waals surface area contributed by atoms with E-state index in [9.17, 15) is 0 Å². The standard InChI is InChI=1S/C25H31N5O2/c1-28(2)18-7-9-19(10-8-18)29-11-13-30(14-12-29)25-20-15-22(31-3)23(32-4)16-21(20)26-24(27-25)17-5-6-17/h7-10,15-17H,5-6,11-14H2,1-4H3. The highest BCUT2D eigenvalue weighted by Crippen LogP contribution is 2.42. The van der Waals surface area contributed by atoms with E-state index >= 15 is 0 Å². The molecule has 0 radical (unpaired) electrons. The molecule has 1 saturated heterocycles. The lowest BCUT2D eigenvalue weighted by Gasteiger charge is -2.37. The Bertz CT molecular complexity index is 1100. The Balaban J connectivity index is 1.43. The topological polar surface area (TPSA) is 54.0 Å². The fourth-order valence-corrected chi connectivity index (χ4v) is 4.36. The molecule has 2 heterocycles. The van der Waals surface area contributed by atoms with E-state index in [0.29, 0.717) is 17.4 Å². The third-order valence-electron chi connectivity index (χ3n) is 6.45. The van der Waals surface area contributed by atoms with Gasteiger partial charge in [-0.3, -0.25) is 0 Å². The summed E-state index contributed by atoms with van der Waals surface area (Å²) in [5.41, 5.74) is 3.42. The van der Waals surface area contributed by atoms with Crippen molar-refractivity contribution in [3.63, 3.8) is 0 Å². The van der Waals surface area contributed by atoms with Gasteiger partial charge in [-0.2, -0.15) is 0 Å². The maximum absolute atomic E-state index is 5.57. The van der Waals surface area contributed by atoms with Gasteiger partial charge >= 0.3 is 0 Å². The zero-order valence-electron chi connectivity index (χ0n) is 19.3. The number of fused-ring (bicyclic) bond motifs is 1. The fourth-order valence-electron chi connectivity index (χ4n) is 4.36. The van der Waals surface area contributed by atoms with Crippen LogP contribution in [0.5, 0.6) is 11.5 Å². The molecule has 1 aliphatic carbocycles. The number of ether oxygens (including phenoxy) is 2. The molecule has 0 bridgehead atoms. The third-order valence-corrected chi connectivity index (χ3v) is 6.45. The molecule has 32 heavy (non-hydrogen) atoms. The van der Waals surface area contributed by atoms with Crippen LogP contribution in [0.2, 0.25) is 0 Å². The van der Waals surface area contributed by atoms with Crippen molar-refractivity contribution in [2.24, 2.45) is 0 Å². The molecule has 0 N–H and O–H groups in total. The Morgan fingerprint density at radius 1 is 0.844 bits per heavy atom. The van der Waals surface area contributed by atoms with E-state index in [0.717, 1.165) is 48.7 Å². The largest absolute Gasteiger partial charge is 0.493 e. The summed E-state index contributed by atoms with van der Waals surface area (Å²) in [6.07, 6.45) is 2.35. The molecular weight excluding hydrogens is 402 g/mol. The molecule has 3 aromatic rings. The van der Waals surface area contributed by atoms with Crippen LogP contribution in [-0.2, 0) is 0 Å². The summed E-state index contributed by atoms with van der Waals surface area (Å²) in [5, 5.41) is 1.02. The van der Waals surface area contributed by atoms with Gasteiger partial charge in [0.2, 0.25) is 0 Å². The summed E-state index contributed by atoms with van der Waals surface area (Å²) < 4.78 is 11.1. The van der Waals surface area contributed by atoms with Crippen LogP contribution in [0, 0.1) is 0 Å². The summed E-state index contributed by atoms with van der Waals surface area (Å²) >= 11 is 0. The van der Waals surface area contributed by atoms with Gasteiger partial charge in [0.15, 0.2) is 11.5 Å². The van der Waals surface area contributed by atoms with Gasteiger partial charge in [0, 0.05) is 69.0 Å². The maximum atomic E-state index is 5.57. The summed E-state index contributed by atoms with van der Waals surface area (Å²) in [6, 6.07) is 12.8. The Hall–Kier alpha value is -3.22. The van der Waals surface area contributed by atoms with Crippen LogP contribution in [0.1, 0.15) is 24.6 Å². The normalized spacial score (nSPS) is 16.4. The zero-order valence-corrected chi connectivity index (χ0v) is 19.3. The molecule has 7 heteroatoms. The van der Waals surface area contributed by atoms with Gasteiger partial charge in [0.25, 0.3) is 0 Å². The summed E-state index contributed by atoms with van der Waals surface area (Å²) in [5.74, 6) is 3.88. The minimum absolute atomic E-state index is 0.489. The summed E-state index contributed by atoms with van der Waals surface area (Å²) in [6.45, 7) is 3.75. The number of methoxy groups -OCH3 is 2. The molecule has 0 atom stereocenters. The molecule has 1 aromatic heterocycles. The van der Waals surface area contributed by atoms with E-state index in [1.807, 2.05) is 12.1 Å². The van der Waals surface area contributed by atoms with Crippen molar-refractivity contribution in [1.29, 1.82) is 0 Å². The second-order valence-corrected chi connectivity index (χ2v) is 8.79. The van der Waals surface area contributed by atoms with Crippen molar-refractivity contribution in [2.45, 2.75) is 18.8 Å². The Kier molecular flexibility index (Phi) is 5.41. The first kappa shape index (κ1) is 20.7. The van der Waals surface area contributed by atoms with Crippen molar-refractivity contribution in [3.05, 3.63) is 42.2 Å². The Morgan fingerprint density at radius 3 is 2.06 bits per heavy atom. The SMILES string of the molecule is COc1cc2nc(C3CC3)nc(N3CCN(c4ccc(N(C)C)cc4)CC3)c2cc1OC. The van der Waals surface area contributed by atoms with Crippen molar-refractivity contribution in [3.8, 4) is 11.5 Å². The Morgan fingerprint density at radius 2 is 1.47 bits per heavy atom. The van der Waals surface area contributed by atoms with Gasteiger partial charge in [-0.25, -0.2) is 9.97 Å². The predicted molar refractivity (Wildman–Crippen MR) is 130 cm³/mol. The minimum atomic E-state index is 0.489. The second kappa shape index (κ2) is 8.37. The van der Waals surface area contributed by atoms with E-state index in [2.05, 4.69) is 53.1 Å². The summed E-state index contributed by atoms with van der Waals surface area (Å²) in [7, 11) is 7.47. The molecular formula is C25H31N5O2. The highest BCUT2D eigenvalue weighted by molar-refractivity contribution is 5.92. The van der Waals surface area contributed by atoms with Crippen molar-refractivity contribution in [2.75, 3.05) is 69.2 Å². The van der Waals surface area contributed by atoms with E-state index in [1.54, 1.807) is 14.2 Å². The predicted octanol–water partition coefficient (Wildman–Crippen LogP) is 3.92. The van der Waals surface area contributed by atoms with Gasteiger partial charge in [0.05, 0.1) is 19.7 Å². The lowest BCUT2D eigenvalue weighted by atomic mass is 10.1. The van der Waals surface area contributed by atoms with E-state index in [4.69, 9.17) is 19.4 Å². The highest BCUT2D eigenvalue weighted by atomic mass is 16.5. The molecule has 2 aliphatic rings. The van der Waals surface area contributed by atoms with Crippen LogP contribution in [0.4, 0.5) is 17.2 Å². The fraction of sp³-hybridized carbons (Fsp3) is 0.440. The van der Waals surface area contributed by atoms with E-state index < -0.39 is 0 Å². The molecule has 5 rings (SSSR count). The monoisotopic (exact) mass is 433 g/mol. The number of nitrogens with zero attached hydrogens (tertiary/aromatic N) is 5. The molecule has 1 saturated carbocycles. The quantitative estimate of drug-likeness (QED) is 0.584. The number of rotatable bonds is 6. The average molecular weight is 434 g/mol. The van der Waals surface area contributed by atoms with Crippen LogP contribution in [-0.4, -0.2) is 64.5 Å².